The Morgan fingerprint density at radius 3 is 2.60 bits per heavy atom. The van der Waals surface area contributed by atoms with Gasteiger partial charge in [0.15, 0.2) is 6.61 Å². The van der Waals surface area contributed by atoms with Crippen molar-refractivity contribution in [1.82, 2.24) is 9.78 Å². The summed E-state index contributed by atoms with van der Waals surface area (Å²) in [6.45, 7) is 7.40. The molecule has 1 N–H and O–H groups in total. The van der Waals surface area contributed by atoms with E-state index in [0.29, 0.717) is 17.3 Å². The summed E-state index contributed by atoms with van der Waals surface area (Å²) in [4.78, 5) is 24.3. The van der Waals surface area contributed by atoms with Gasteiger partial charge in [0, 0.05) is 7.05 Å². The number of carbonyl (C=O) groups is 2. The first-order chi connectivity index (χ1) is 11.8. The fourth-order valence-electron chi connectivity index (χ4n) is 2.52. The first-order valence-electron chi connectivity index (χ1n) is 8.04. The van der Waals surface area contributed by atoms with Gasteiger partial charge in [0.1, 0.15) is 17.1 Å². The number of esters is 1. The van der Waals surface area contributed by atoms with Crippen molar-refractivity contribution in [2.75, 3.05) is 18.5 Å². The van der Waals surface area contributed by atoms with Crippen molar-refractivity contribution in [1.29, 1.82) is 0 Å². The normalized spacial score (nSPS) is 10.4. The molecule has 0 spiro atoms. The van der Waals surface area contributed by atoms with Crippen LogP contribution in [0.4, 0.5) is 5.82 Å². The number of hydrogen-bond donors (Lipinski definition) is 1. The third-order valence-electron chi connectivity index (χ3n) is 3.65. The Bertz CT molecular complexity index is 796. The van der Waals surface area contributed by atoms with Crippen LogP contribution in [0.3, 0.4) is 0 Å². The molecule has 134 valence electrons. The molecule has 0 aliphatic carbocycles. The van der Waals surface area contributed by atoms with Crippen molar-refractivity contribution < 1.29 is 19.1 Å². The minimum atomic E-state index is -0.515. The van der Waals surface area contributed by atoms with Gasteiger partial charge in [-0.15, -0.1) is 0 Å². The molecule has 25 heavy (non-hydrogen) atoms. The van der Waals surface area contributed by atoms with E-state index < -0.39 is 5.97 Å². The number of carbonyl (C=O) groups excluding carboxylic acids is 2. The number of rotatable bonds is 6. The number of ether oxygens (including phenoxy) is 2. The van der Waals surface area contributed by atoms with Crippen LogP contribution in [0.25, 0.3) is 0 Å². The minimum absolute atomic E-state index is 0.170. The molecule has 0 radical (unpaired) electrons. The predicted octanol–water partition coefficient (Wildman–Crippen LogP) is 2.54. The number of hydrogen-bond acceptors (Lipinski definition) is 5. The third kappa shape index (κ3) is 4.37. The van der Waals surface area contributed by atoms with Crippen molar-refractivity contribution in [3.8, 4) is 5.75 Å². The van der Waals surface area contributed by atoms with Crippen LogP contribution in [-0.2, 0) is 16.6 Å². The van der Waals surface area contributed by atoms with E-state index in [0.717, 1.165) is 11.1 Å². The average molecular weight is 345 g/mol. The Kier molecular flexibility index (Phi) is 5.80. The number of aryl methyl sites for hydroxylation is 4. The third-order valence-corrected chi connectivity index (χ3v) is 3.65. The molecule has 1 heterocycles. The molecule has 0 unspecified atom stereocenters. The lowest BCUT2D eigenvalue weighted by atomic mass is 10.1. The Morgan fingerprint density at radius 1 is 1.24 bits per heavy atom. The van der Waals surface area contributed by atoms with Crippen LogP contribution in [0.2, 0.25) is 0 Å². The van der Waals surface area contributed by atoms with Crippen LogP contribution in [0, 0.1) is 20.8 Å². The van der Waals surface area contributed by atoms with Crippen molar-refractivity contribution in [2.45, 2.75) is 27.7 Å². The van der Waals surface area contributed by atoms with Gasteiger partial charge in [-0.1, -0.05) is 17.7 Å². The number of anilines is 1. The van der Waals surface area contributed by atoms with Crippen LogP contribution in [0.5, 0.6) is 5.75 Å². The monoisotopic (exact) mass is 345 g/mol. The van der Waals surface area contributed by atoms with E-state index in [1.165, 1.54) is 4.68 Å². The van der Waals surface area contributed by atoms with Crippen molar-refractivity contribution in [3.63, 3.8) is 0 Å². The molecule has 7 nitrogen and oxygen atoms in total. The Labute approximate surface area is 146 Å². The maximum atomic E-state index is 12.2. The first-order valence-corrected chi connectivity index (χ1v) is 8.04. The molecule has 1 amide bonds. The molecule has 0 bridgehead atoms. The SMILES string of the molecule is CCOC(=O)c1c(C)nn(C)c1NC(=O)COc1ccc(C)cc1C. The van der Waals surface area contributed by atoms with Crippen LogP contribution in [0.1, 0.15) is 34.1 Å². The fraction of sp³-hybridized carbons (Fsp3) is 0.389. The summed E-state index contributed by atoms with van der Waals surface area (Å²) in [5.74, 6) is 0.0463. The van der Waals surface area contributed by atoms with E-state index in [1.807, 2.05) is 32.0 Å². The highest BCUT2D eigenvalue weighted by Crippen LogP contribution is 2.21. The Morgan fingerprint density at radius 2 is 1.96 bits per heavy atom. The zero-order chi connectivity index (χ0) is 18.6. The number of nitrogens with one attached hydrogen (secondary N) is 1. The molecule has 0 saturated carbocycles. The number of nitrogens with zero attached hydrogens (tertiary/aromatic N) is 2. The van der Waals surface area contributed by atoms with Crippen LogP contribution < -0.4 is 10.1 Å². The largest absolute Gasteiger partial charge is 0.483 e. The van der Waals surface area contributed by atoms with Gasteiger partial charge < -0.3 is 14.8 Å². The van der Waals surface area contributed by atoms with Crippen LogP contribution in [-0.4, -0.2) is 34.9 Å². The highest BCUT2D eigenvalue weighted by molar-refractivity contribution is 6.01. The molecule has 2 rings (SSSR count). The molecule has 0 atom stereocenters. The molecule has 1 aromatic heterocycles. The minimum Gasteiger partial charge on any atom is -0.483 e. The first kappa shape index (κ1) is 18.5. The van der Waals surface area contributed by atoms with E-state index >= 15 is 0 Å². The Hall–Kier alpha value is -2.83. The Balaban J connectivity index is 2.09. The molecule has 1 aromatic carbocycles. The second-order valence-electron chi connectivity index (χ2n) is 5.76. The molecule has 0 saturated heterocycles. The van der Waals surface area contributed by atoms with E-state index in [2.05, 4.69) is 10.4 Å². The summed E-state index contributed by atoms with van der Waals surface area (Å²) in [5.41, 5.74) is 2.82. The smallest absolute Gasteiger partial charge is 0.343 e. The average Bonchev–Trinajstić information content (AvgIpc) is 2.80. The van der Waals surface area contributed by atoms with Gasteiger partial charge in [0.2, 0.25) is 0 Å². The summed E-state index contributed by atoms with van der Waals surface area (Å²) in [7, 11) is 1.65. The van der Waals surface area contributed by atoms with Gasteiger partial charge in [0.05, 0.1) is 12.3 Å². The van der Waals surface area contributed by atoms with Crippen molar-refractivity contribution >= 4 is 17.7 Å². The number of benzene rings is 1. The molecule has 0 aliphatic rings. The van der Waals surface area contributed by atoms with E-state index in [1.54, 1.807) is 20.9 Å². The highest BCUT2D eigenvalue weighted by Gasteiger charge is 2.23. The lowest BCUT2D eigenvalue weighted by Crippen LogP contribution is -2.23. The van der Waals surface area contributed by atoms with Gasteiger partial charge >= 0.3 is 5.97 Å². The second-order valence-corrected chi connectivity index (χ2v) is 5.76. The number of amides is 1. The molecule has 0 aliphatic heterocycles. The van der Waals surface area contributed by atoms with Crippen molar-refractivity contribution in [3.05, 3.63) is 40.6 Å². The predicted molar refractivity (Wildman–Crippen MR) is 93.9 cm³/mol. The summed E-state index contributed by atoms with van der Waals surface area (Å²) in [6.07, 6.45) is 0. The van der Waals surface area contributed by atoms with Gasteiger partial charge in [-0.25, -0.2) is 4.79 Å². The van der Waals surface area contributed by atoms with Gasteiger partial charge in [-0.05, 0) is 39.3 Å². The molecule has 0 fully saturated rings. The standard InChI is InChI=1S/C18H23N3O4/c1-6-24-18(23)16-13(4)20-21(5)17(16)19-15(22)10-25-14-8-7-11(2)9-12(14)3/h7-9H,6,10H2,1-5H3,(H,19,22). The summed E-state index contributed by atoms with van der Waals surface area (Å²) in [6, 6.07) is 5.73. The van der Waals surface area contributed by atoms with E-state index in [9.17, 15) is 9.59 Å². The van der Waals surface area contributed by atoms with Gasteiger partial charge in [-0.3, -0.25) is 9.48 Å². The molecular formula is C18H23N3O4. The van der Waals surface area contributed by atoms with Gasteiger partial charge in [-0.2, -0.15) is 5.10 Å². The van der Waals surface area contributed by atoms with Gasteiger partial charge in [0.25, 0.3) is 5.91 Å². The van der Waals surface area contributed by atoms with E-state index in [4.69, 9.17) is 9.47 Å². The summed E-state index contributed by atoms with van der Waals surface area (Å²) >= 11 is 0. The maximum absolute atomic E-state index is 12.2. The summed E-state index contributed by atoms with van der Waals surface area (Å²) < 4.78 is 12.0. The highest BCUT2D eigenvalue weighted by atomic mass is 16.5. The molecule has 2 aromatic rings. The van der Waals surface area contributed by atoms with Crippen molar-refractivity contribution in [2.24, 2.45) is 7.05 Å². The van der Waals surface area contributed by atoms with Crippen LogP contribution in [0.15, 0.2) is 18.2 Å². The zero-order valence-corrected chi connectivity index (χ0v) is 15.2. The summed E-state index contributed by atoms with van der Waals surface area (Å²) in [5, 5.41) is 6.85. The van der Waals surface area contributed by atoms with E-state index in [-0.39, 0.29) is 24.7 Å². The quantitative estimate of drug-likeness (QED) is 0.814. The zero-order valence-electron chi connectivity index (χ0n) is 15.2. The fourth-order valence-corrected chi connectivity index (χ4v) is 2.52. The topological polar surface area (TPSA) is 82.5 Å². The lowest BCUT2D eigenvalue weighted by Gasteiger charge is -2.11. The second kappa shape index (κ2) is 7.83. The molecule has 7 heteroatoms. The van der Waals surface area contributed by atoms with Crippen LogP contribution >= 0.6 is 0 Å². The maximum Gasteiger partial charge on any atom is 0.343 e. The lowest BCUT2D eigenvalue weighted by molar-refractivity contribution is -0.118. The number of aromatic nitrogens is 2. The molecular weight excluding hydrogens is 322 g/mol.